The molecule has 1 N–H and O–H groups in total. The molecule has 19 heavy (non-hydrogen) atoms. The molecule has 0 saturated carbocycles. The van der Waals surface area contributed by atoms with Gasteiger partial charge in [0.25, 0.3) is 5.91 Å². The number of pyridine rings is 1. The van der Waals surface area contributed by atoms with E-state index in [0.29, 0.717) is 22.6 Å². The second-order valence-corrected chi connectivity index (χ2v) is 5.45. The maximum Gasteiger partial charge on any atom is 0.256 e. The SMILES string of the molecule is CC(C)CNC(=O)CN(C)C(=O)c1cccnc1Br. The largest absolute Gasteiger partial charge is 0.354 e. The Kier molecular flexibility index (Phi) is 5.95. The van der Waals surface area contributed by atoms with Gasteiger partial charge in [0, 0.05) is 19.8 Å². The highest BCUT2D eigenvalue weighted by Crippen LogP contribution is 2.14. The molecule has 1 heterocycles. The molecular formula is C13H18BrN3O2. The van der Waals surface area contributed by atoms with Gasteiger partial charge < -0.3 is 10.2 Å². The van der Waals surface area contributed by atoms with E-state index in [4.69, 9.17) is 0 Å². The molecule has 0 radical (unpaired) electrons. The summed E-state index contributed by atoms with van der Waals surface area (Å²) in [4.78, 5) is 29.1. The number of amides is 2. The zero-order valence-corrected chi connectivity index (χ0v) is 12.9. The van der Waals surface area contributed by atoms with Crippen molar-refractivity contribution in [2.45, 2.75) is 13.8 Å². The van der Waals surface area contributed by atoms with Crippen LogP contribution in [0.4, 0.5) is 0 Å². The molecule has 5 nitrogen and oxygen atoms in total. The van der Waals surface area contributed by atoms with Gasteiger partial charge in [-0.2, -0.15) is 0 Å². The van der Waals surface area contributed by atoms with E-state index in [1.807, 2.05) is 13.8 Å². The fraction of sp³-hybridized carbons (Fsp3) is 0.462. The third kappa shape index (κ3) is 4.98. The van der Waals surface area contributed by atoms with E-state index in [1.54, 1.807) is 25.4 Å². The van der Waals surface area contributed by atoms with Crippen molar-refractivity contribution in [2.75, 3.05) is 20.1 Å². The van der Waals surface area contributed by atoms with Crippen molar-refractivity contribution in [2.24, 2.45) is 5.92 Å². The highest BCUT2D eigenvalue weighted by molar-refractivity contribution is 9.10. The molecule has 0 saturated heterocycles. The van der Waals surface area contributed by atoms with Gasteiger partial charge in [0.1, 0.15) is 4.60 Å². The number of halogens is 1. The molecule has 104 valence electrons. The van der Waals surface area contributed by atoms with Gasteiger partial charge in [-0.1, -0.05) is 13.8 Å². The van der Waals surface area contributed by atoms with Crippen molar-refractivity contribution in [1.82, 2.24) is 15.2 Å². The van der Waals surface area contributed by atoms with Gasteiger partial charge in [-0.15, -0.1) is 0 Å². The predicted octanol–water partition coefficient (Wildman–Crippen LogP) is 1.69. The Labute approximate surface area is 121 Å². The highest BCUT2D eigenvalue weighted by Gasteiger charge is 2.17. The molecule has 0 aliphatic carbocycles. The topological polar surface area (TPSA) is 62.3 Å². The maximum atomic E-state index is 12.1. The van der Waals surface area contributed by atoms with Crippen LogP contribution in [0.15, 0.2) is 22.9 Å². The smallest absolute Gasteiger partial charge is 0.256 e. The van der Waals surface area contributed by atoms with Gasteiger partial charge in [-0.25, -0.2) is 4.98 Å². The van der Waals surface area contributed by atoms with E-state index in [1.165, 1.54) is 4.90 Å². The standard InChI is InChI=1S/C13H18BrN3O2/c1-9(2)7-16-11(18)8-17(3)13(19)10-5-4-6-15-12(10)14/h4-6,9H,7-8H2,1-3H3,(H,16,18). The van der Waals surface area contributed by atoms with E-state index < -0.39 is 0 Å². The number of hydrogen-bond donors (Lipinski definition) is 1. The average Bonchev–Trinajstić information content (AvgIpc) is 2.36. The lowest BCUT2D eigenvalue weighted by Gasteiger charge is -2.17. The van der Waals surface area contributed by atoms with Gasteiger partial charge in [0.2, 0.25) is 5.91 Å². The maximum absolute atomic E-state index is 12.1. The average molecular weight is 328 g/mol. The molecule has 0 spiro atoms. The van der Waals surface area contributed by atoms with Crippen LogP contribution in [0.25, 0.3) is 0 Å². The van der Waals surface area contributed by atoms with Crippen molar-refractivity contribution >= 4 is 27.7 Å². The van der Waals surface area contributed by atoms with Crippen LogP contribution in [-0.2, 0) is 4.79 Å². The molecule has 2 amide bonds. The number of nitrogens with zero attached hydrogens (tertiary/aromatic N) is 2. The normalized spacial score (nSPS) is 10.4. The number of likely N-dealkylation sites (N-methyl/N-ethyl adjacent to an activating group) is 1. The fourth-order valence-electron chi connectivity index (χ4n) is 1.41. The molecule has 6 heteroatoms. The number of hydrogen-bond acceptors (Lipinski definition) is 3. The molecule has 0 aliphatic rings. The minimum absolute atomic E-state index is 0.0346. The summed E-state index contributed by atoms with van der Waals surface area (Å²) in [7, 11) is 1.59. The summed E-state index contributed by atoms with van der Waals surface area (Å²) in [5, 5.41) is 2.77. The van der Waals surface area contributed by atoms with Crippen LogP contribution < -0.4 is 5.32 Å². The van der Waals surface area contributed by atoms with Crippen LogP contribution in [0.5, 0.6) is 0 Å². The summed E-state index contributed by atoms with van der Waals surface area (Å²) in [6, 6.07) is 3.35. The van der Waals surface area contributed by atoms with E-state index in [0.717, 1.165) is 0 Å². The quantitative estimate of drug-likeness (QED) is 0.837. The number of carbonyl (C=O) groups excluding carboxylic acids is 2. The van der Waals surface area contributed by atoms with Crippen LogP contribution in [0.2, 0.25) is 0 Å². The number of nitrogens with one attached hydrogen (secondary N) is 1. The second kappa shape index (κ2) is 7.23. The molecule has 0 aliphatic heterocycles. The summed E-state index contributed by atoms with van der Waals surface area (Å²) in [5.74, 6) is -0.0124. The van der Waals surface area contributed by atoms with Gasteiger partial charge in [-0.05, 0) is 34.0 Å². The van der Waals surface area contributed by atoms with E-state index in [-0.39, 0.29) is 18.4 Å². The summed E-state index contributed by atoms with van der Waals surface area (Å²) in [5.41, 5.74) is 0.446. The summed E-state index contributed by atoms with van der Waals surface area (Å²) >= 11 is 3.22. The van der Waals surface area contributed by atoms with Crippen molar-refractivity contribution < 1.29 is 9.59 Å². The van der Waals surface area contributed by atoms with E-state index in [2.05, 4.69) is 26.2 Å². The van der Waals surface area contributed by atoms with Gasteiger partial charge in [0.15, 0.2) is 0 Å². The van der Waals surface area contributed by atoms with Crippen LogP contribution in [-0.4, -0.2) is 41.8 Å². The Morgan fingerprint density at radius 1 is 1.47 bits per heavy atom. The van der Waals surface area contributed by atoms with Crippen LogP contribution >= 0.6 is 15.9 Å². The minimum Gasteiger partial charge on any atom is -0.354 e. The Balaban J connectivity index is 2.58. The Morgan fingerprint density at radius 2 is 2.16 bits per heavy atom. The molecule has 1 rings (SSSR count). The minimum atomic E-state index is -0.236. The third-order valence-corrected chi connectivity index (χ3v) is 3.06. The second-order valence-electron chi connectivity index (χ2n) is 4.70. The molecule has 1 aromatic rings. The van der Waals surface area contributed by atoms with Gasteiger partial charge >= 0.3 is 0 Å². The van der Waals surface area contributed by atoms with Crippen molar-refractivity contribution in [1.29, 1.82) is 0 Å². The Hall–Kier alpha value is -1.43. The van der Waals surface area contributed by atoms with Crippen LogP contribution in [0.3, 0.4) is 0 Å². The number of carbonyl (C=O) groups is 2. The van der Waals surface area contributed by atoms with Crippen molar-refractivity contribution in [3.05, 3.63) is 28.5 Å². The first-order valence-corrected chi connectivity index (χ1v) is 6.83. The molecular weight excluding hydrogens is 310 g/mol. The highest BCUT2D eigenvalue weighted by atomic mass is 79.9. The first kappa shape index (κ1) is 15.6. The summed E-state index contributed by atoms with van der Waals surface area (Å²) < 4.78 is 0.481. The molecule has 0 unspecified atom stereocenters. The molecule has 1 aromatic heterocycles. The zero-order valence-electron chi connectivity index (χ0n) is 11.3. The van der Waals surface area contributed by atoms with Crippen LogP contribution in [0.1, 0.15) is 24.2 Å². The van der Waals surface area contributed by atoms with Crippen molar-refractivity contribution in [3.63, 3.8) is 0 Å². The molecule has 0 atom stereocenters. The van der Waals surface area contributed by atoms with Gasteiger partial charge in [-0.3, -0.25) is 9.59 Å². The number of rotatable bonds is 5. The summed E-state index contributed by atoms with van der Waals surface area (Å²) in [6.45, 7) is 4.67. The molecule has 0 bridgehead atoms. The lowest BCUT2D eigenvalue weighted by Crippen LogP contribution is -2.39. The lowest BCUT2D eigenvalue weighted by molar-refractivity contribution is -0.121. The van der Waals surface area contributed by atoms with Gasteiger partial charge in [0.05, 0.1) is 12.1 Å². The van der Waals surface area contributed by atoms with Crippen molar-refractivity contribution in [3.8, 4) is 0 Å². The predicted molar refractivity (Wildman–Crippen MR) is 76.7 cm³/mol. The summed E-state index contributed by atoms with van der Waals surface area (Å²) in [6.07, 6.45) is 1.59. The Bertz CT molecular complexity index is 463. The lowest BCUT2D eigenvalue weighted by atomic mass is 10.2. The van der Waals surface area contributed by atoms with Crippen LogP contribution in [0, 0.1) is 5.92 Å². The third-order valence-electron chi connectivity index (χ3n) is 2.42. The molecule has 0 fully saturated rings. The van der Waals surface area contributed by atoms with E-state index >= 15 is 0 Å². The number of aromatic nitrogens is 1. The first-order valence-electron chi connectivity index (χ1n) is 6.04. The first-order chi connectivity index (χ1) is 8.91. The fourth-order valence-corrected chi connectivity index (χ4v) is 1.83. The zero-order chi connectivity index (χ0) is 14.4. The van der Waals surface area contributed by atoms with E-state index in [9.17, 15) is 9.59 Å². The Morgan fingerprint density at radius 3 is 2.74 bits per heavy atom. The molecule has 0 aromatic carbocycles. The monoisotopic (exact) mass is 327 g/mol.